The van der Waals surface area contributed by atoms with E-state index in [-0.39, 0.29) is 12.5 Å². The number of piperidine rings is 1. The number of likely N-dealkylation sites (tertiary alicyclic amines) is 1. The molecule has 158 valence electrons. The van der Waals surface area contributed by atoms with E-state index in [0.717, 1.165) is 25.4 Å². The van der Waals surface area contributed by atoms with Gasteiger partial charge in [-0.25, -0.2) is 0 Å². The molecule has 6 heteroatoms. The highest BCUT2D eigenvalue weighted by Crippen LogP contribution is 2.41. The maximum atomic E-state index is 11.3. The predicted octanol–water partition coefficient (Wildman–Crippen LogP) is 3.01. The maximum Gasteiger partial charge on any atom is 0.262 e. The summed E-state index contributed by atoms with van der Waals surface area (Å²) in [6.07, 6.45) is 3.67. The smallest absolute Gasteiger partial charge is 0.262 e. The topological polar surface area (TPSA) is 62.8 Å². The summed E-state index contributed by atoms with van der Waals surface area (Å²) < 4.78 is 11.4. The average Bonchev–Trinajstić information content (AvgIpc) is 3.55. The molecule has 1 saturated carbocycles. The van der Waals surface area contributed by atoms with Gasteiger partial charge in [-0.15, -0.1) is 0 Å². The van der Waals surface area contributed by atoms with E-state index < -0.39 is 0 Å². The van der Waals surface area contributed by atoms with E-state index in [4.69, 9.17) is 9.47 Å². The summed E-state index contributed by atoms with van der Waals surface area (Å²) in [6, 6.07) is 17.7. The van der Waals surface area contributed by atoms with E-state index in [1.165, 1.54) is 24.8 Å². The van der Waals surface area contributed by atoms with Crippen LogP contribution in [0.1, 0.15) is 30.7 Å². The summed E-state index contributed by atoms with van der Waals surface area (Å²) in [6.45, 7) is 3.87. The lowest BCUT2D eigenvalue weighted by Gasteiger charge is -2.32. The predicted molar refractivity (Wildman–Crippen MR) is 116 cm³/mol. The minimum Gasteiger partial charge on any atom is -0.492 e. The van der Waals surface area contributed by atoms with Crippen LogP contribution >= 0.6 is 0 Å². The van der Waals surface area contributed by atoms with Crippen molar-refractivity contribution in [2.24, 2.45) is 0 Å². The zero-order valence-electron chi connectivity index (χ0n) is 17.2. The molecule has 1 amide bonds. The Morgan fingerprint density at radius 3 is 2.80 bits per heavy atom. The molecule has 0 unspecified atom stereocenters. The number of carbonyl (C=O) groups is 1. The van der Waals surface area contributed by atoms with Gasteiger partial charge in [0, 0.05) is 30.6 Å². The molecule has 30 heavy (non-hydrogen) atoms. The number of ether oxygens (including phenoxy) is 2. The van der Waals surface area contributed by atoms with Crippen molar-refractivity contribution < 1.29 is 14.3 Å². The number of amides is 1. The van der Waals surface area contributed by atoms with Gasteiger partial charge >= 0.3 is 0 Å². The molecular weight excluding hydrogens is 378 g/mol. The molecule has 2 aromatic carbocycles. The summed E-state index contributed by atoms with van der Waals surface area (Å²) in [5.74, 6) is 2.04. The quantitative estimate of drug-likeness (QED) is 0.739. The number of carbonyl (C=O) groups excluding carboxylic acids is 1. The molecule has 2 fully saturated rings. The van der Waals surface area contributed by atoms with Crippen molar-refractivity contribution in [3.63, 3.8) is 0 Å². The van der Waals surface area contributed by atoms with Crippen molar-refractivity contribution in [1.29, 1.82) is 0 Å². The lowest BCUT2D eigenvalue weighted by molar-refractivity contribution is -0.118. The lowest BCUT2D eigenvalue weighted by Crippen LogP contribution is -2.44. The molecule has 1 aliphatic carbocycles. The molecule has 5 rings (SSSR count). The molecule has 6 nitrogen and oxygen atoms in total. The molecule has 0 bridgehead atoms. The fraction of sp³-hybridized carbons (Fsp3) is 0.458. The van der Waals surface area contributed by atoms with Crippen LogP contribution in [0.4, 0.5) is 5.69 Å². The average molecular weight is 408 g/mol. The van der Waals surface area contributed by atoms with E-state index in [0.29, 0.717) is 36.0 Å². The molecule has 2 aliphatic heterocycles. The van der Waals surface area contributed by atoms with E-state index in [1.807, 2.05) is 18.2 Å². The SMILES string of the molecule is O=C1COc2cc(OCCN3CCC(N[C@@H]4C[C@H]4c4ccccc4)CC3)ccc2N1. The highest BCUT2D eigenvalue weighted by Gasteiger charge is 2.39. The van der Waals surface area contributed by atoms with Crippen LogP contribution in [0.2, 0.25) is 0 Å². The van der Waals surface area contributed by atoms with Crippen molar-refractivity contribution in [2.45, 2.75) is 37.3 Å². The third kappa shape index (κ3) is 4.60. The number of fused-ring (bicyclic) bond motifs is 1. The maximum absolute atomic E-state index is 11.3. The zero-order valence-corrected chi connectivity index (χ0v) is 17.2. The molecule has 3 aliphatic rings. The monoisotopic (exact) mass is 407 g/mol. The first-order valence-electron chi connectivity index (χ1n) is 11.0. The van der Waals surface area contributed by atoms with Gasteiger partial charge in [-0.1, -0.05) is 30.3 Å². The van der Waals surface area contributed by atoms with Gasteiger partial charge in [0.15, 0.2) is 6.61 Å². The number of nitrogens with one attached hydrogen (secondary N) is 2. The fourth-order valence-electron chi connectivity index (χ4n) is 4.51. The van der Waals surface area contributed by atoms with Crippen LogP contribution in [-0.4, -0.2) is 55.7 Å². The Kier molecular flexibility index (Phi) is 5.60. The minimum absolute atomic E-state index is 0.0619. The first kappa shape index (κ1) is 19.4. The van der Waals surface area contributed by atoms with Crippen molar-refractivity contribution in [1.82, 2.24) is 10.2 Å². The molecule has 2 atom stereocenters. The van der Waals surface area contributed by atoms with E-state index in [2.05, 4.69) is 45.9 Å². The summed E-state index contributed by atoms with van der Waals surface area (Å²) in [5, 5.41) is 6.67. The Labute approximate surface area is 177 Å². The first-order valence-corrected chi connectivity index (χ1v) is 11.0. The third-order valence-electron chi connectivity index (χ3n) is 6.32. The highest BCUT2D eigenvalue weighted by molar-refractivity contribution is 5.95. The van der Waals surface area contributed by atoms with Crippen molar-refractivity contribution in [3.05, 3.63) is 54.1 Å². The van der Waals surface area contributed by atoms with Gasteiger partial charge in [-0.2, -0.15) is 0 Å². The van der Waals surface area contributed by atoms with Gasteiger partial charge in [-0.3, -0.25) is 9.69 Å². The normalized spacial score (nSPS) is 23.9. The number of hydrogen-bond donors (Lipinski definition) is 2. The minimum atomic E-state index is -0.119. The van der Waals surface area contributed by atoms with Crippen LogP contribution < -0.4 is 20.1 Å². The molecule has 2 N–H and O–H groups in total. The molecule has 0 radical (unpaired) electrons. The van der Waals surface area contributed by atoms with Gasteiger partial charge in [0.2, 0.25) is 0 Å². The summed E-state index contributed by atoms with van der Waals surface area (Å²) in [7, 11) is 0. The van der Waals surface area contributed by atoms with E-state index in [1.54, 1.807) is 0 Å². The summed E-state index contributed by atoms with van der Waals surface area (Å²) in [4.78, 5) is 13.8. The Bertz CT molecular complexity index is 881. The molecule has 0 aromatic heterocycles. The van der Waals surface area contributed by atoms with Crippen molar-refractivity contribution >= 4 is 11.6 Å². The Hall–Kier alpha value is -2.57. The van der Waals surface area contributed by atoms with E-state index in [9.17, 15) is 4.79 Å². The number of benzene rings is 2. The van der Waals surface area contributed by atoms with Crippen LogP contribution in [-0.2, 0) is 4.79 Å². The van der Waals surface area contributed by atoms with Crippen LogP contribution in [0.3, 0.4) is 0 Å². The Morgan fingerprint density at radius 1 is 1.13 bits per heavy atom. The third-order valence-corrected chi connectivity index (χ3v) is 6.32. The van der Waals surface area contributed by atoms with Gasteiger partial charge in [-0.05, 0) is 50.0 Å². The van der Waals surface area contributed by atoms with Gasteiger partial charge in [0.05, 0.1) is 5.69 Å². The van der Waals surface area contributed by atoms with Crippen LogP contribution in [0.25, 0.3) is 0 Å². The largest absolute Gasteiger partial charge is 0.492 e. The Balaban J connectivity index is 1.01. The first-order chi connectivity index (χ1) is 14.7. The van der Waals surface area contributed by atoms with Crippen LogP contribution in [0, 0.1) is 0 Å². The second-order valence-electron chi connectivity index (χ2n) is 8.49. The van der Waals surface area contributed by atoms with E-state index >= 15 is 0 Å². The summed E-state index contributed by atoms with van der Waals surface area (Å²) in [5.41, 5.74) is 2.18. The standard InChI is InChI=1S/C24H29N3O3/c28-24-16-30-23-14-19(6-7-21(23)26-24)29-13-12-27-10-8-18(9-11-27)25-22-15-20(22)17-4-2-1-3-5-17/h1-7,14,18,20,22,25H,8-13,15-16H2,(H,26,28)/t20-,22+/m0/s1. The number of anilines is 1. The van der Waals surface area contributed by atoms with Crippen LogP contribution in [0.5, 0.6) is 11.5 Å². The summed E-state index contributed by atoms with van der Waals surface area (Å²) >= 11 is 0. The fourth-order valence-corrected chi connectivity index (χ4v) is 4.51. The number of rotatable bonds is 7. The molecule has 2 aromatic rings. The van der Waals surface area contributed by atoms with Gasteiger partial charge in [0.1, 0.15) is 18.1 Å². The van der Waals surface area contributed by atoms with Crippen molar-refractivity contribution in [2.75, 3.05) is 38.2 Å². The molecule has 0 spiro atoms. The van der Waals surface area contributed by atoms with Gasteiger partial charge < -0.3 is 20.1 Å². The molecule has 2 heterocycles. The van der Waals surface area contributed by atoms with Gasteiger partial charge in [0.25, 0.3) is 5.91 Å². The number of hydrogen-bond acceptors (Lipinski definition) is 5. The molecular formula is C24H29N3O3. The van der Waals surface area contributed by atoms with Crippen molar-refractivity contribution in [3.8, 4) is 11.5 Å². The highest BCUT2D eigenvalue weighted by atomic mass is 16.5. The second-order valence-corrected chi connectivity index (χ2v) is 8.49. The van der Waals surface area contributed by atoms with Crippen LogP contribution in [0.15, 0.2) is 48.5 Å². The zero-order chi connectivity index (χ0) is 20.3. The Morgan fingerprint density at radius 2 is 1.97 bits per heavy atom. The lowest BCUT2D eigenvalue weighted by atomic mass is 10.0. The second kappa shape index (κ2) is 8.66. The number of nitrogens with zero attached hydrogens (tertiary/aromatic N) is 1. The molecule has 1 saturated heterocycles.